The van der Waals surface area contributed by atoms with E-state index in [0.29, 0.717) is 13.2 Å². The van der Waals surface area contributed by atoms with Crippen LogP contribution in [-0.2, 0) is 9.47 Å². The Morgan fingerprint density at radius 1 is 1.36 bits per heavy atom. The summed E-state index contributed by atoms with van der Waals surface area (Å²) >= 11 is 0. The molecule has 11 heavy (non-hydrogen) atoms. The molecule has 0 aliphatic heterocycles. The predicted octanol–water partition coefficient (Wildman–Crippen LogP) is 1.57. The lowest BCUT2D eigenvalue weighted by atomic mass is 10.5. The average molecular weight is 154 g/mol. The molecule has 0 spiro atoms. The third kappa shape index (κ3) is 5.65. The number of ether oxygens (including phenoxy) is 2. The lowest BCUT2D eigenvalue weighted by Crippen LogP contribution is -2.13. The molecule has 2 heteroatoms. The van der Waals surface area contributed by atoms with E-state index in [0.717, 1.165) is 0 Å². The number of allylic oxidation sites excluding steroid dienone is 1. The Balaban J connectivity index is 3.70. The van der Waals surface area contributed by atoms with Crippen molar-refractivity contribution in [2.75, 3.05) is 13.2 Å². The number of hydrogen-bond acceptors (Lipinski definition) is 2. The zero-order valence-electron chi connectivity index (χ0n) is 7.04. The van der Waals surface area contributed by atoms with Crippen molar-refractivity contribution in [2.45, 2.75) is 20.1 Å². The lowest BCUT2D eigenvalue weighted by Gasteiger charge is -2.11. The number of terminal acetylenes is 1. The monoisotopic (exact) mass is 154 g/mol. The third-order valence-electron chi connectivity index (χ3n) is 1.01. The van der Waals surface area contributed by atoms with Crippen LogP contribution in [0, 0.1) is 12.3 Å². The molecule has 0 aromatic heterocycles. The van der Waals surface area contributed by atoms with E-state index >= 15 is 0 Å². The van der Waals surface area contributed by atoms with Crippen LogP contribution < -0.4 is 0 Å². The molecule has 0 bridgehead atoms. The molecule has 0 rings (SSSR count). The largest absolute Gasteiger partial charge is 0.349 e. The maximum absolute atomic E-state index is 5.18. The fraction of sp³-hybridized carbons (Fsp3) is 0.556. The van der Waals surface area contributed by atoms with E-state index in [1.165, 1.54) is 0 Å². The molecule has 0 fully saturated rings. The van der Waals surface area contributed by atoms with E-state index in [4.69, 9.17) is 15.9 Å². The van der Waals surface area contributed by atoms with Crippen molar-refractivity contribution in [3.8, 4) is 12.3 Å². The molecule has 0 aliphatic carbocycles. The van der Waals surface area contributed by atoms with Crippen molar-refractivity contribution < 1.29 is 9.47 Å². The topological polar surface area (TPSA) is 18.5 Å². The Labute approximate surface area is 68.2 Å². The fourth-order valence-electron chi connectivity index (χ4n) is 0.622. The highest BCUT2D eigenvalue weighted by molar-refractivity contribution is 5.09. The van der Waals surface area contributed by atoms with Crippen LogP contribution in [0.25, 0.3) is 0 Å². The molecule has 0 aliphatic rings. The second-order valence-electron chi connectivity index (χ2n) is 1.80. The minimum absolute atomic E-state index is 0.291. The van der Waals surface area contributed by atoms with Gasteiger partial charge < -0.3 is 9.47 Å². The predicted molar refractivity (Wildman–Crippen MR) is 45.0 cm³/mol. The Hall–Kier alpha value is -0.780. The summed E-state index contributed by atoms with van der Waals surface area (Å²) < 4.78 is 10.4. The molecule has 0 saturated heterocycles. The van der Waals surface area contributed by atoms with Gasteiger partial charge in [-0.1, -0.05) is 5.92 Å². The van der Waals surface area contributed by atoms with Gasteiger partial charge in [0.25, 0.3) is 0 Å². The summed E-state index contributed by atoms with van der Waals surface area (Å²) in [5.74, 6) is 2.37. The Morgan fingerprint density at radius 3 is 2.27 bits per heavy atom. The third-order valence-corrected chi connectivity index (χ3v) is 1.01. The van der Waals surface area contributed by atoms with E-state index < -0.39 is 0 Å². The summed E-state index contributed by atoms with van der Waals surface area (Å²) in [4.78, 5) is 0. The van der Waals surface area contributed by atoms with Crippen LogP contribution >= 0.6 is 0 Å². The van der Waals surface area contributed by atoms with Crippen LogP contribution in [0.2, 0.25) is 0 Å². The van der Waals surface area contributed by atoms with Crippen molar-refractivity contribution in [3.05, 3.63) is 12.2 Å². The molecule has 0 N–H and O–H groups in total. The van der Waals surface area contributed by atoms with Gasteiger partial charge in [0.2, 0.25) is 0 Å². The summed E-state index contributed by atoms with van der Waals surface area (Å²) in [7, 11) is 0. The van der Waals surface area contributed by atoms with E-state index in [1.54, 1.807) is 12.2 Å². The van der Waals surface area contributed by atoms with Gasteiger partial charge in [-0.3, -0.25) is 0 Å². The molecule has 0 saturated carbocycles. The van der Waals surface area contributed by atoms with Crippen LogP contribution in [-0.4, -0.2) is 19.5 Å². The van der Waals surface area contributed by atoms with Gasteiger partial charge in [0.1, 0.15) is 0 Å². The summed E-state index contributed by atoms with van der Waals surface area (Å²) in [6.45, 7) is 5.07. The zero-order valence-corrected chi connectivity index (χ0v) is 7.04. The first-order chi connectivity index (χ1) is 5.35. The van der Waals surface area contributed by atoms with Crippen LogP contribution in [0.15, 0.2) is 12.2 Å². The number of hydrogen-bond donors (Lipinski definition) is 0. The van der Waals surface area contributed by atoms with E-state index in [-0.39, 0.29) is 6.29 Å². The summed E-state index contributed by atoms with van der Waals surface area (Å²) in [6, 6.07) is 0. The lowest BCUT2D eigenvalue weighted by molar-refractivity contribution is -0.103. The summed E-state index contributed by atoms with van der Waals surface area (Å²) in [5, 5.41) is 0. The SMILES string of the molecule is C#C/C=C/C(OCC)OCC. The summed E-state index contributed by atoms with van der Waals surface area (Å²) in [5.41, 5.74) is 0. The standard InChI is InChI=1S/C9H14O2/c1-4-7-8-9(10-5-2)11-6-3/h1,7-9H,5-6H2,2-3H3/b8-7+. The molecular formula is C9H14O2. The highest BCUT2D eigenvalue weighted by atomic mass is 16.7. The molecule has 0 radical (unpaired) electrons. The van der Waals surface area contributed by atoms with Crippen LogP contribution in [0.1, 0.15) is 13.8 Å². The second kappa shape index (κ2) is 7.33. The highest BCUT2D eigenvalue weighted by Crippen LogP contribution is 1.96. The van der Waals surface area contributed by atoms with Crippen LogP contribution in [0.4, 0.5) is 0 Å². The van der Waals surface area contributed by atoms with E-state index in [1.807, 2.05) is 13.8 Å². The van der Waals surface area contributed by atoms with Gasteiger partial charge >= 0.3 is 0 Å². The van der Waals surface area contributed by atoms with Crippen LogP contribution in [0.3, 0.4) is 0 Å². The Bertz CT molecular complexity index is 138. The van der Waals surface area contributed by atoms with E-state index in [9.17, 15) is 0 Å². The maximum Gasteiger partial charge on any atom is 0.177 e. The summed E-state index contributed by atoms with van der Waals surface area (Å²) in [6.07, 6.45) is 8.03. The molecule has 0 aromatic carbocycles. The van der Waals surface area contributed by atoms with Gasteiger partial charge in [-0.15, -0.1) is 6.42 Å². The molecule has 0 unspecified atom stereocenters. The van der Waals surface area contributed by atoms with Gasteiger partial charge in [-0.05, 0) is 26.0 Å². The van der Waals surface area contributed by atoms with E-state index in [2.05, 4.69) is 5.92 Å². The Morgan fingerprint density at radius 2 is 1.91 bits per heavy atom. The fourth-order valence-corrected chi connectivity index (χ4v) is 0.622. The Kier molecular flexibility index (Phi) is 6.81. The minimum atomic E-state index is -0.291. The smallest absolute Gasteiger partial charge is 0.177 e. The van der Waals surface area contributed by atoms with Gasteiger partial charge in [0.15, 0.2) is 6.29 Å². The second-order valence-corrected chi connectivity index (χ2v) is 1.80. The van der Waals surface area contributed by atoms with Crippen LogP contribution in [0.5, 0.6) is 0 Å². The molecule has 0 aromatic rings. The number of rotatable bonds is 5. The van der Waals surface area contributed by atoms with Crippen molar-refractivity contribution in [1.29, 1.82) is 0 Å². The van der Waals surface area contributed by atoms with Crippen molar-refractivity contribution >= 4 is 0 Å². The van der Waals surface area contributed by atoms with Gasteiger partial charge in [-0.25, -0.2) is 0 Å². The highest BCUT2D eigenvalue weighted by Gasteiger charge is 1.99. The van der Waals surface area contributed by atoms with Gasteiger partial charge in [0.05, 0.1) is 0 Å². The quantitative estimate of drug-likeness (QED) is 0.442. The molecular weight excluding hydrogens is 140 g/mol. The minimum Gasteiger partial charge on any atom is -0.349 e. The molecule has 0 amide bonds. The first kappa shape index (κ1) is 10.2. The molecule has 0 heterocycles. The normalized spacial score (nSPS) is 10.7. The van der Waals surface area contributed by atoms with Gasteiger partial charge in [-0.2, -0.15) is 0 Å². The maximum atomic E-state index is 5.18. The first-order valence-electron chi connectivity index (χ1n) is 3.71. The molecule has 2 nitrogen and oxygen atoms in total. The molecule has 0 atom stereocenters. The van der Waals surface area contributed by atoms with Crippen molar-refractivity contribution in [3.63, 3.8) is 0 Å². The zero-order chi connectivity index (χ0) is 8.53. The average Bonchev–Trinajstić information content (AvgIpc) is 2.01. The molecule has 62 valence electrons. The van der Waals surface area contributed by atoms with Crippen molar-refractivity contribution in [1.82, 2.24) is 0 Å². The van der Waals surface area contributed by atoms with Crippen molar-refractivity contribution in [2.24, 2.45) is 0 Å². The first-order valence-corrected chi connectivity index (χ1v) is 3.71. The van der Waals surface area contributed by atoms with Gasteiger partial charge in [0, 0.05) is 13.2 Å².